The lowest BCUT2D eigenvalue weighted by Crippen LogP contribution is -2.11. The summed E-state index contributed by atoms with van der Waals surface area (Å²) in [4.78, 5) is 14.1. The van der Waals surface area contributed by atoms with Crippen molar-refractivity contribution < 1.29 is 18.7 Å². The second-order valence-corrected chi connectivity index (χ2v) is 2.97. The Kier molecular flexibility index (Phi) is 3.74. The molecule has 1 aromatic heterocycles. The number of allylic oxidation sites excluding steroid dienone is 1. The van der Waals surface area contributed by atoms with E-state index in [4.69, 9.17) is 11.6 Å². The minimum absolute atomic E-state index is 0.0454. The summed E-state index contributed by atoms with van der Waals surface area (Å²) in [5.74, 6) is -2.34. The maximum Gasteiger partial charge on any atom is 0.299 e. The van der Waals surface area contributed by atoms with Crippen molar-refractivity contribution in [3.63, 3.8) is 0 Å². The number of ketones is 1. The van der Waals surface area contributed by atoms with Crippen LogP contribution in [0.2, 0.25) is 5.15 Å². The molecular weight excluding hydrogens is 228 g/mol. The number of rotatable bonds is 3. The van der Waals surface area contributed by atoms with Crippen LogP contribution >= 0.6 is 11.6 Å². The van der Waals surface area contributed by atoms with Gasteiger partial charge in [0.1, 0.15) is 5.15 Å². The Balaban J connectivity index is 2.94. The first-order valence-electron chi connectivity index (χ1n) is 3.83. The number of nitrogens with zero attached hydrogens (tertiary/aromatic N) is 1. The Labute approximate surface area is 89.0 Å². The molecular formula is C9H5ClF2NO2-. The van der Waals surface area contributed by atoms with Crippen LogP contribution in [0, 0.1) is 0 Å². The fourth-order valence-corrected chi connectivity index (χ4v) is 1.01. The molecule has 1 rings (SSSR count). The van der Waals surface area contributed by atoms with Crippen LogP contribution in [-0.4, -0.2) is 17.2 Å². The van der Waals surface area contributed by atoms with Crippen molar-refractivity contribution >= 4 is 23.1 Å². The molecule has 0 aliphatic rings. The third kappa shape index (κ3) is 3.28. The van der Waals surface area contributed by atoms with Crippen molar-refractivity contribution in [2.24, 2.45) is 0 Å². The number of halogens is 3. The highest BCUT2D eigenvalue weighted by atomic mass is 35.5. The molecule has 1 aromatic rings. The monoisotopic (exact) mass is 232 g/mol. The van der Waals surface area contributed by atoms with Crippen LogP contribution < -0.4 is 5.11 Å². The van der Waals surface area contributed by atoms with Crippen LogP contribution in [0.3, 0.4) is 0 Å². The van der Waals surface area contributed by atoms with Gasteiger partial charge < -0.3 is 5.11 Å². The van der Waals surface area contributed by atoms with Gasteiger partial charge in [0.05, 0.1) is 0 Å². The van der Waals surface area contributed by atoms with Crippen LogP contribution in [0.1, 0.15) is 5.56 Å². The van der Waals surface area contributed by atoms with Crippen LogP contribution in [0.15, 0.2) is 24.4 Å². The van der Waals surface area contributed by atoms with Crippen molar-refractivity contribution in [3.8, 4) is 0 Å². The highest BCUT2D eigenvalue weighted by Gasteiger charge is 2.11. The zero-order valence-corrected chi connectivity index (χ0v) is 8.04. The number of hydrogen-bond acceptors (Lipinski definition) is 3. The van der Waals surface area contributed by atoms with Gasteiger partial charge in [-0.25, -0.2) is 13.8 Å². The molecule has 6 heteroatoms. The van der Waals surface area contributed by atoms with Gasteiger partial charge in [0.15, 0.2) is 0 Å². The summed E-state index contributed by atoms with van der Waals surface area (Å²) in [7, 11) is 0. The van der Waals surface area contributed by atoms with Crippen molar-refractivity contribution in [1.29, 1.82) is 0 Å². The van der Waals surface area contributed by atoms with Crippen LogP contribution in [-0.2, 0) is 4.79 Å². The molecule has 0 aliphatic carbocycles. The predicted octanol–water partition coefficient (Wildman–Crippen LogP) is 1.27. The quantitative estimate of drug-likeness (QED) is 0.448. The lowest BCUT2D eigenvalue weighted by Gasteiger charge is -2.11. The van der Waals surface area contributed by atoms with Gasteiger partial charge in [-0.1, -0.05) is 17.4 Å². The summed E-state index contributed by atoms with van der Waals surface area (Å²) in [6.45, 7) is 0. The summed E-state index contributed by atoms with van der Waals surface area (Å²) >= 11 is 5.48. The van der Waals surface area contributed by atoms with Gasteiger partial charge >= 0.3 is 0 Å². The van der Waals surface area contributed by atoms with Crippen LogP contribution in [0.5, 0.6) is 0 Å². The molecule has 1 heterocycles. The number of carbonyl (C=O) groups is 1. The van der Waals surface area contributed by atoms with E-state index in [9.17, 15) is 18.7 Å². The Morgan fingerprint density at radius 1 is 1.60 bits per heavy atom. The number of alkyl halides is 2. The zero-order chi connectivity index (χ0) is 11.4. The molecule has 0 fully saturated rings. The largest absolute Gasteiger partial charge is 0.872 e. The Morgan fingerprint density at radius 2 is 2.27 bits per heavy atom. The fourth-order valence-electron chi connectivity index (χ4n) is 0.831. The van der Waals surface area contributed by atoms with Crippen molar-refractivity contribution in [2.75, 3.05) is 0 Å². The van der Waals surface area contributed by atoms with Gasteiger partial charge in [-0.3, -0.25) is 4.79 Å². The van der Waals surface area contributed by atoms with Gasteiger partial charge in [-0.05, 0) is 23.8 Å². The van der Waals surface area contributed by atoms with E-state index in [1.807, 2.05) is 0 Å². The van der Waals surface area contributed by atoms with Crippen molar-refractivity contribution in [2.45, 2.75) is 6.43 Å². The maximum atomic E-state index is 11.8. The second-order valence-electron chi connectivity index (χ2n) is 2.58. The minimum atomic E-state index is -3.17. The Morgan fingerprint density at radius 3 is 2.80 bits per heavy atom. The Bertz CT molecular complexity index is 407. The minimum Gasteiger partial charge on any atom is -0.872 e. The summed E-state index contributed by atoms with van der Waals surface area (Å²) in [5, 5.41) is 11.3. The van der Waals surface area contributed by atoms with E-state index in [1.54, 1.807) is 0 Å². The standard InChI is InChI=1S/C9H6ClF2NO2/c10-8-3-5(1-2-13-8)6(14)4-7(15)9(11)12/h1-4,9,14H/p-1/b6-4-. The first-order valence-corrected chi connectivity index (χ1v) is 4.21. The van der Waals surface area contributed by atoms with E-state index in [1.165, 1.54) is 18.3 Å². The highest BCUT2D eigenvalue weighted by molar-refractivity contribution is 6.29. The van der Waals surface area contributed by atoms with E-state index in [0.29, 0.717) is 6.08 Å². The SMILES string of the molecule is O=C(/C=C(\[O-])c1ccnc(Cl)c1)C(F)F. The smallest absolute Gasteiger partial charge is 0.299 e. The van der Waals surface area contributed by atoms with E-state index in [0.717, 1.165) is 0 Å². The van der Waals surface area contributed by atoms with Crippen LogP contribution in [0.4, 0.5) is 8.78 Å². The van der Waals surface area contributed by atoms with E-state index in [2.05, 4.69) is 4.98 Å². The molecule has 0 unspecified atom stereocenters. The molecule has 0 bridgehead atoms. The normalized spacial score (nSPS) is 11.9. The molecule has 0 spiro atoms. The van der Waals surface area contributed by atoms with Gasteiger partial charge in [-0.15, -0.1) is 0 Å². The summed E-state index contributed by atoms with van der Waals surface area (Å²) in [6.07, 6.45) is -1.58. The van der Waals surface area contributed by atoms with Gasteiger partial charge in [0.25, 0.3) is 6.43 Å². The fraction of sp³-hybridized carbons (Fsp3) is 0.111. The number of pyridine rings is 1. The first-order chi connectivity index (χ1) is 7.00. The predicted molar refractivity (Wildman–Crippen MR) is 48.2 cm³/mol. The topological polar surface area (TPSA) is 53.0 Å². The zero-order valence-electron chi connectivity index (χ0n) is 7.28. The summed E-state index contributed by atoms with van der Waals surface area (Å²) < 4.78 is 23.6. The lowest BCUT2D eigenvalue weighted by molar-refractivity contribution is -0.244. The third-order valence-electron chi connectivity index (χ3n) is 1.50. The molecule has 3 nitrogen and oxygen atoms in total. The molecule has 0 amide bonds. The molecule has 0 saturated heterocycles. The molecule has 0 aromatic carbocycles. The average Bonchev–Trinajstić information content (AvgIpc) is 2.17. The molecule has 0 atom stereocenters. The van der Waals surface area contributed by atoms with Crippen molar-refractivity contribution in [1.82, 2.24) is 4.98 Å². The molecule has 0 saturated carbocycles. The van der Waals surface area contributed by atoms with E-state index in [-0.39, 0.29) is 10.7 Å². The molecule has 0 radical (unpaired) electrons. The molecule has 0 aliphatic heterocycles. The summed E-state index contributed by atoms with van der Waals surface area (Å²) in [6, 6.07) is 2.47. The van der Waals surface area contributed by atoms with E-state index >= 15 is 0 Å². The Hall–Kier alpha value is -1.49. The van der Waals surface area contributed by atoms with Gasteiger partial charge in [0, 0.05) is 6.20 Å². The number of aromatic nitrogens is 1. The summed E-state index contributed by atoms with van der Waals surface area (Å²) in [5.41, 5.74) is 0.0454. The molecule has 80 valence electrons. The number of carbonyl (C=O) groups excluding carboxylic acids is 1. The lowest BCUT2D eigenvalue weighted by atomic mass is 10.2. The maximum absolute atomic E-state index is 11.8. The average molecular weight is 233 g/mol. The van der Waals surface area contributed by atoms with Crippen LogP contribution in [0.25, 0.3) is 5.76 Å². The molecule has 0 N–H and O–H groups in total. The first kappa shape index (κ1) is 11.6. The van der Waals surface area contributed by atoms with E-state index < -0.39 is 18.0 Å². The van der Waals surface area contributed by atoms with Crippen molar-refractivity contribution in [3.05, 3.63) is 35.1 Å². The highest BCUT2D eigenvalue weighted by Crippen LogP contribution is 2.13. The second kappa shape index (κ2) is 4.84. The van der Waals surface area contributed by atoms with Gasteiger partial charge in [-0.2, -0.15) is 0 Å². The molecule has 15 heavy (non-hydrogen) atoms. The third-order valence-corrected chi connectivity index (χ3v) is 1.71. The number of hydrogen-bond donors (Lipinski definition) is 0. The van der Waals surface area contributed by atoms with Gasteiger partial charge in [0.2, 0.25) is 5.78 Å².